The Balaban J connectivity index is 1.49. The van der Waals surface area contributed by atoms with Crippen LogP contribution in [0.3, 0.4) is 0 Å². The highest BCUT2D eigenvalue weighted by molar-refractivity contribution is 7.22. The van der Waals surface area contributed by atoms with Crippen molar-refractivity contribution >= 4 is 49.1 Å². The molecule has 3 heterocycles. The van der Waals surface area contributed by atoms with Crippen molar-refractivity contribution < 1.29 is 4.74 Å². The van der Waals surface area contributed by atoms with Crippen molar-refractivity contribution in [3.8, 4) is 11.6 Å². The van der Waals surface area contributed by atoms with Crippen LogP contribution >= 0.6 is 11.3 Å². The molecule has 3 N–H and O–H groups in total. The molecule has 142 valence electrons. The summed E-state index contributed by atoms with van der Waals surface area (Å²) in [6.45, 7) is 1.94. The number of ether oxygens (including phenoxy) is 1. The highest BCUT2D eigenvalue weighted by Crippen LogP contribution is 2.35. The van der Waals surface area contributed by atoms with Gasteiger partial charge < -0.3 is 15.8 Å². The molecule has 3 aromatic heterocycles. The van der Waals surface area contributed by atoms with E-state index in [0.29, 0.717) is 22.4 Å². The minimum Gasteiger partial charge on any atom is -0.435 e. The zero-order valence-electron chi connectivity index (χ0n) is 15.5. The van der Waals surface area contributed by atoms with Gasteiger partial charge in [0.05, 0.1) is 10.2 Å². The lowest BCUT2D eigenvalue weighted by molar-refractivity contribution is 0.469. The number of nitrogens with one attached hydrogen (secondary N) is 1. The molecular weight excluding hydrogens is 384 g/mol. The van der Waals surface area contributed by atoms with Gasteiger partial charge in [0.1, 0.15) is 17.5 Å². The molecular formula is C21H16N6OS. The molecule has 0 saturated carbocycles. The van der Waals surface area contributed by atoms with Crippen LogP contribution < -0.4 is 15.8 Å². The number of hydrogen-bond donors (Lipinski definition) is 2. The molecule has 0 spiro atoms. The number of hydrogen-bond acceptors (Lipinski definition) is 8. The van der Waals surface area contributed by atoms with Gasteiger partial charge in [-0.3, -0.25) is 0 Å². The fraction of sp³-hybridized carbons (Fsp3) is 0.0476. The summed E-state index contributed by atoms with van der Waals surface area (Å²) in [5.74, 6) is 1.29. The first-order chi connectivity index (χ1) is 14.2. The number of nitrogens with zero attached hydrogens (tertiary/aromatic N) is 4. The van der Waals surface area contributed by atoms with Gasteiger partial charge in [-0.1, -0.05) is 41.7 Å². The van der Waals surface area contributed by atoms with E-state index >= 15 is 0 Å². The third-order valence-electron chi connectivity index (χ3n) is 4.40. The van der Waals surface area contributed by atoms with Gasteiger partial charge in [-0.25, -0.2) is 15.0 Å². The maximum atomic E-state index is 6.29. The number of anilines is 3. The Morgan fingerprint density at radius 2 is 1.86 bits per heavy atom. The van der Waals surface area contributed by atoms with Crippen molar-refractivity contribution in [2.45, 2.75) is 6.92 Å². The van der Waals surface area contributed by atoms with Gasteiger partial charge in [0.25, 0.3) is 0 Å². The lowest BCUT2D eigenvalue weighted by Crippen LogP contribution is -2.03. The van der Waals surface area contributed by atoms with E-state index < -0.39 is 0 Å². The molecule has 7 nitrogen and oxygen atoms in total. The number of nitrogens with two attached hydrogens (primary N) is 1. The molecule has 0 radical (unpaired) electrons. The highest BCUT2D eigenvalue weighted by atomic mass is 32.1. The Bertz CT molecular complexity index is 1320. The number of aryl methyl sites for hydroxylation is 1. The summed E-state index contributed by atoms with van der Waals surface area (Å²) in [6.07, 6.45) is 1.41. The van der Waals surface area contributed by atoms with E-state index in [2.05, 4.69) is 25.3 Å². The highest BCUT2D eigenvalue weighted by Gasteiger charge is 2.14. The van der Waals surface area contributed by atoms with Gasteiger partial charge >= 0.3 is 0 Å². The molecule has 0 bridgehead atoms. The SMILES string of the molecule is Cc1ccc2cccc(Oc3ncnc(Nc4nc5ccccc5s4)c3N)c2n1. The molecule has 0 unspecified atom stereocenters. The topological polar surface area (TPSA) is 98.8 Å². The largest absolute Gasteiger partial charge is 0.435 e. The summed E-state index contributed by atoms with van der Waals surface area (Å²) in [7, 11) is 0. The van der Waals surface area contributed by atoms with Crippen LogP contribution in [0.1, 0.15) is 5.69 Å². The second kappa shape index (κ2) is 6.99. The summed E-state index contributed by atoms with van der Waals surface area (Å²) in [5.41, 5.74) is 9.17. The summed E-state index contributed by atoms with van der Waals surface area (Å²) in [5, 5.41) is 4.85. The molecule has 5 rings (SSSR count). The second-order valence-corrected chi connectivity index (χ2v) is 7.47. The first-order valence-electron chi connectivity index (χ1n) is 8.95. The molecule has 0 saturated heterocycles. The molecule has 0 aliphatic carbocycles. The molecule has 29 heavy (non-hydrogen) atoms. The maximum Gasteiger partial charge on any atom is 0.248 e. The number of aromatic nitrogens is 4. The van der Waals surface area contributed by atoms with E-state index in [4.69, 9.17) is 10.5 Å². The average Bonchev–Trinajstić information content (AvgIpc) is 3.14. The summed E-state index contributed by atoms with van der Waals surface area (Å²) in [4.78, 5) is 17.6. The fourth-order valence-electron chi connectivity index (χ4n) is 2.99. The standard InChI is InChI=1S/C21H16N6OS/c1-12-9-10-13-5-4-7-15(18(13)25-12)28-20-17(22)19(23-11-24-20)27-21-26-14-6-2-3-8-16(14)29-21/h2-11H,22H2,1H3,(H,23,24,26,27). The van der Waals surface area contributed by atoms with Crippen molar-refractivity contribution in [1.29, 1.82) is 0 Å². The van der Waals surface area contributed by atoms with Gasteiger partial charge in [0.15, 0.2) is 16.7 Å². The molecule has 8 heteroatoms. The van der Waals surface area contributed by atoms with Gasteiger partial charge in [-0.05, 0) is 31.2 Å². The quantitative estimate of drug-likeness (QED) is 0.435. The lowest BCUT2D eigenvalue weighted by Gasteiger charge is -2.12. The zero-order valence-corrected chi connectivity index (χ0v) is 16.3. The minimum absolute atomic E-state index is 0.263. The Morgan fingerprint density at radius 1 is 0.966 bits per heavy atom. The Morgan fingerprint density at radius 3 is 2.76 bits per heavy atom. The normalized spacial score (nSPS) is 11.1. The van der Waals surface area contributed by atoms with Crippen molar-refractivity contribution in [2.75, 3.05) is 11.1 Å². The Kier molecular flexibility index (Phi) is 4.18. The molecule has 2 aromatic carbocycles. The van der Waals surface area contributed by atoms with Crippen LogP contribution in [0.25, 0.3) is 21.1 Å². The number of thiazole rings is 1. The van der Waals surface area contributed by atoms with Crippen LogP contribution in [0.5, 0.6) is 11.6 Å². The number of fused-ring (bicyclic) bond motifs is 2. The lowest BCUT2D eigenvalue weighted by atomic mass is 10.2. The van der Waals surface area contributed by atoms with Gasteiger partial charge in [-0.15, -0.1) is 0 Å². The maximum absolute atomic E-state index is 6.29. The first kappa shape index (κ1) is 17.3. The monoisotopic (exact) mass is 400 g/mol. The molecule has 0 fully saturated rings. The van der Waals surface area contributed by atoms with Crippen LogP contribution in [-0.4, -0.2) is 19.9 Å². The summed E-state index contributed by atoms with van der Waals surface area (Å²) >= 11 is 1.53. The molecule has 0 atom stereocenters. The van der Waals surface area contributed by atoms with E-state index in [-0.39, 0.29) is 5.88 Å². The van der Waals surface area contributed by atoms with Gasteiger partial charge in [0, 0.05) is 11.1 Å². The van der Waals surface area contributed by atoms with E-state index in [9.17, 15) is 0 Å². The minimum atomic E-state index is 0.263. The van der Waals surface area contributed by atoms with Crippen molar-refractivity contribution in [3.05, 3.63) is 66.6 Å². The Labute approximate surface area is 170 Å². The van der Waals surface area contributed by atoms with E-state index in [1.807, 2.05) is 61.5 Å². The van der Waals surface area contributed by atoms with E-state index in [0.717, 1.165) is 26.8 Å². The van der Waals surface area contributed by atoms with Crippen molar-refractivity contribution in [1.82, 2.24) is 19.9 Å². The number of pyridine rings is 1. The smallest absolute Gasteiger partial charge is 0.248 e. The van der Waals surface area contributed by atoms with Crippen LogP contribution in [0.15, 0.2) is 60.9 Å². The number of rotatable bonds is 4. The van der Waals surface area contributed by atoms with Crippen LogP contribution in [-0.2, 0) is 0 Å². The first-order valence-corrected chi connectivity index (χ1v) is 9.76. The average molecular weight is 400 g/mol. The predicted molar refractivity (Wildman–Crippen MR) is 116 cm³/mol. The molecule has 0 aliphatic rings. The number of nitrogen functional groups attached to an aromatic ring is 1. The Hall–Kier alpha value is -3.78. The molecule has 5 aromatic rings. The predicted octanol–water partition coefficient (Wildman–Crippen LogP) is 5.06. The van der Waals surface area contributed by atoms with Crippen molar-refractivity contribution in [2.24, 2.45) is 0 Å². The molecule has 0 aliphatic heterocycles. The zero-order chi connectivity index (χ0) is 19.8. The third kappa shape index (κ3) is 3.30. The third-order valence-corrected chi connectivity index (χ3v) is 5.35. The van der Waals surface area contributed by atoms with Gasteiger partial charge in [0.2, 0.25) is 5.88 Å². The fourth-order valence-corrected chi connectivity index (χ4v) is 3.86. The van der Waals surface area contributed by atoms with Crippen LogP contribution in [0.4, 0.5) is 16.6 Å². The van der Waals surface area contributed by atoms with E-state index in [1.165, 1.54) is 17.7 Å². The summed E-state index contributed by atoms with van der Waals surface area (Å²) in [6, 6.07) is 17.6. The van der Waals surface area contributed by atoms with E-state index in [1.54, 1.807) is 0 Å². The van der Waals surface area contributed by atoms with Crippen LogP contribution in [0, 0.1) is 6.92 Å². The molecule has 0 amide bonds. The summed E-state index contributed by atoms with van der Waals surface area (Å²) < 4.78 is 7.10. The second-order valence-electron chi connectivity index (χ2n) is 6.44. The number of benzene rings is 2. The van der Waals surface area contributed by atoms with Crippen molar-refractivity contribution in [3.63, 3.8) is 0 Å². The number of para-hydroxylation sites is 2. The van der Waals surface area contributed by atoms with Crippen LogP contribution in [0.2, 0.25) is 0 Å². The van der Waals surface area contributed by atoms with Gasteiger partial charge in [-0.2, -0.15) is 4.98 Å².